The van der Waals surface area contributed by atoms with Gasteiger partial charge in [-0.1, -0.05) is 141 Å². The molecule has 296 valence electrons. The summed E-state index contributed by atoms with van der Waals surface area (Å²) in [6.45, 7) is 12.0. The predicted molar refractivity (Wildman–Crippen MR) is 229 cm³/mol. The van der Waals surface area contributed by atoms with Crippen LogP contribution < -0.4 is 9.47 Å². The first-order valence-corrected chi connectivity index (χ1v) is 22.6. The van der Waals surface area contributed by atoms with Crippen molar-refractivity contribution in [1.82, 2.24) is 0 Å². The van der Waals surface area contributed by atoms with Crippen LogP contribution >= 0.6 is 0 Å². The summed E-state index contributed by atoms with van der Waals surface area (Å²) in [5.41, 5.74) is 5.64. The van der Waals surface area contributed by atoms with E-state index < -0.39 is 0 Å². The molecule has 2 aliphatic carbocycles. The summed E-state index contributed by atoms with van der Waals surface area (Å²) in [4.78, 5) is 0. The third-order valence-corrected chi connectivity index (χ3v) is 12.3. The van der Waals surface area contributed by atoms with Gasteiger partial charge in [0.05, 0.1) is 26.4 Å². The maximum atomic E-state index is 6.49. The standard InChI is InChI=1S/C50H78O3/c1-5-9-13-17-41-19-23-43(24-20-41)49(45-27-31-47(32-28-45)52-37-15-11-7-3)35-39-51-40-36-50(44-25-21-42(22-26-44)18-14-10-6-2)46-29-33-48(34-30-46)53-38-16-12-8-4/h27-36,41-44H,5-26,37-40H2,1-4H3. The van der Waals surface area contributed by atoms with Crippen molar-refractivity contribution in [3.8, 4) is 11.5 Å². The van der Waals surface area contributed by atoms with Crippen molar-refractivity contribution in [3.63, 3.8) is 0 Å². The molecule has 2 aliphatic rings. The Kier molecular flexibility index (Phi) is 21.5. The lowest BCUT2D eigenvalue weighted by Crippen LogP contribution is -2.17. The number of unbranched alkanes of at least 4 members (excludes halogenated alkanes) is 8. The molecule has 0 aromatic heterocycles. The van der Waals surface area contributed by atoms with Gasteiger partial charge >= 0.3 is 0 Å². The molecule has 2 aromatic rings. The first-order valence-electron chi connectivity index (χ1n) is 22.6. The van der Waals surface area contributed by atoms with E-state index in [1.165, 1.54) is 151 Å². The number of rotatable bonds is 26. The van der Waals surface area contributed by atoms with Gasteiger partial charge in [-0.25, -0.2) is 0 Å². The van der Waals surface area contributed by atoms with Gasteiger partial charge in [0, 0.05) is 0 Å². The van der Waals surface area contributed by atoms with Crippen molar-refractivity contribution in [2.45, 2.75) is 169 Å². The van der Waals surface area contributed by atoms with E-state index in [-0.39, 0.29) is 0 Å². The molecular weight excluding hydrogens is 649 g/mol. The molecule has 0 saturated heterocycles. The Labute approximate surface area is 326 Å². The second kappa shape index (κ2) is 26.3. The molecule has 0 N–H and O–H groups in total. The number of ether oxygens (including phenoxy) is 3. The molecule has 3 heteroatoms. The monoisotopic (exact) mass is 727 g/mol. The highest BCUT2D eigenvalue weighted by Crippen LogP contribution is 2.41. The van der Waals surface area contributed by atoms with Crippen LogP contribution in [0.4, 0.5) is 0 Å². The average Bonchev–Trinajstić information content (AvgIpc) is 3.20. The van der Waals surface area contributed by atoms with Gasteiger partial charge < -0.3 is 14.2 Å². The van der Waals surface area contributed by atoms with Gasteiger partial charge in [0.1, 0.15) is 11.5 Å². The molecule has 0 amide bonds. The molecule has 0 atom stereocenters. The maximum Gasteiger partial charge on any atom is 0.119 e. The summed E-state index contributed by atoms with van der Waals surface area (Å²) >= 11 is 0. The molecule has 3 nitrogen and oxygen atoms in total. The molecule has 53 heavy (non-hydrogen) atoms. The molecule has 2 fully saturated rings. The summed E-state index contributed by atoms with van der Waals surface area (Å²) in [7, 11) is 0. The van der Waals surface area contributed by atoms with Crippen LogP contribution in [0.3, 0.4) is 0 Å². The fourth-order valence-electron chi connectivity index (χ4n) is 8.87. The van der Waals surface area contributed by atoms with Crippen LogP contribution in [0.25, 0.3) is 11.1 Å². The lowest BCUT2D eigenvalue weighted by atomic mass is 9.75. The fourth-order valence-corrected chi connectivity index (χ4v) is 8.87. The average molecular weight is 727 g/mol. The first-order chi connectivity index (χ1) is 26.1. The first kappa shape index (κ1) is 43.2. The molecule has 0 unspecified atom stereocenters. The molecule has 0 radical (unpaired) electrons. The van der Waals surface area contributed by atoms with Crippen LogP contribution in [0.15, 0.2) is 60.7 Å². The van der Waals surface area contributed by atoms with Crippen LogP contribution in [-0.4, -0.2) is 26.4 Å². The normalized spacial score (nSPS) is 21.1. The predicted octanol–water partition coefficient (Wildman–Crippen LogP) is 15.1. The van der Waals surface area contributed by atoms with Gasteiger partial charge in [0.25, 0.3) is 0 Å². The molecule has 4 rings (SSSR count). The molecular formula is C50H78O3. The van der Waals surface area contributed by atoms with Crippen molar-refractivity contribution in [3.05, 3.63) is 71.8 Å². The minimum atomic E-state index is 0.610. The third kappa shape index (κ3) is 16.0. The molecule has 0 heterocycles. The Bertz CT molecular complexity index is 1160. The van der Waals surface area contributed by atoms with Crippen molar-refractivity contribution in [2.24, 2.45) is 23.7 Å². The van der Waals surface area contributed by atoms with Gasteiger partial charge in [-0.3, -0.25) is 0 Å². The largest absolute Gasteiger partial charge is 0.494 e. The number of hydrogen-bond donors (Lipinski definition) is 0. The third-order valence-electron chi connectivity index (χ3n) is 12.3. The summed E-state index contributed by atoms with van der Waals surface area (Å²) in [6.07, 6.45) is 33.6. The Morgan fingerprint density at radius 3 is 1.19 bits per heavy atom. The minimum Gasteiger partial charge on any atom is -0.494 e. The van der Waals surface area contributed by atoms with Gasteiger partial charge in [0.2, 0.25) is 0 Å². The highest BCUT2D eigenvalue weighted by Gasteiger charge is 2.26. The van der Waals surface area contributed by atoms with E-state index in [9.17, 15) is 0 Å². The van der Waals surface area contributed by atoms with Gasteiger partial charge in [-0.2, -0.15) is 0 Å². The van der Waals surface area contributed by atoms with E-state index in [2.05, 4.69) is 88.4 Å². The van der Waals surface area contributed by atoms with E-state index in [0.717, 1.165) is 49.4 Å². The van der Waals surface area contributed by atoms with Crippen LogP contribution in [0, 0.1) is 23.7 Å². The maximum absolute atomic E-state index is 6.49. The second-order valence-corrected chi connectivity index (χ2v) is 16.4. The van der Waals surface area contributed by atoms with E-state index in [1.807, 2.05) is 0 Å². The van der Waals surface area contributed by atoms with Gasteiger partial charge in [0.15, 0.2) is 0 Å². The van der Waals surface area contributed by atoms with Crippen LogP contribution in [0.5, 0.6) is 11.5 Å². The molecule has 0 aliphatic heterocycles. The smallest absolute Gasteiger partial charge is 0.119 e. The second-order valence-electron chi connectivity index (χ2n) is 16.4. The zero-order valence-electron chi connectivity index (χ0n) is 34.7. The van der Waals surface area contributed by atoms with Crippen molar-refractivity contribution < 1.29 is 14.2 Å². The Morgan fingerprint density at radius 2 is 0.830 bits per heavy atom. The van der Waals surface area contributed by atoms with Crippen LogP contribution in [0.1, 0.15) is 180 Å². The summed E-state index contributed by atoms with van der Waals surface area (Å²) in [5, 5.41) is 0. The quantitative estimate of drug-likeness (QED) is 0.0904. The highest BCUT2D eigenvalue weighted by molar-refractivity contribution is 5.69. The Hall–Kier alpha value is -2.52. The van der Waals surface area contributed by atoms with Crippen LogP contribution in [0.2, 0.25) is 0 Å². The SMILES string of the molecule is CCCCCOc1ccc(C(=CCOCC=C(c2ccc(OCCCCC)cc2)C2CCC(CCCCC)CC2)C2CCC(CCCCC)CC2)cc1. The topological polar surface area (TPSA) is 27.7 Å². The Balaban J connectivity index is 1.43. The van der Waals surface area contributed by atoms with Crippen molar-refractivity contribution >= 4 is 11.1 Å². The lowest BCUT2D eigenvalue weighted by molar-refractivity contribution is 0.193. The van der Waals surface area contributed by atoms with Gasteiger partial charge in [-0.05, 0) is 134 Å². The molecule has 0 spiro atoms. The Morgan fingerprint density at radius 1 is 0.472 bits per heavy atom. The fraction of sp³-hybridized carbons (Fsp3) is 0.680. The zero-order valence-corrected chi connectivity index (χ0v) is 34.7. The number of benzene rings is 2. The van der Waals surface area contributed by atoms with Crippen molar-refractivity contribution in [2.75, 3.05) is 26.4 Å². The molecule has 0 bridgehead atoms. The summed E-state index contributed by atoms with van der Waals surface area (Å²) in [6, 6.07) is 17.9. The minimum absolute atomic E-state index is 0.610. The zero-order chi connectivity index (χ0) is 37.4. The molecule has 2 aromatic carbocycles. The van der Waals surface area contributed by atoms with E-state index in [4.69, 9.17) is 14.2 Å². The molecule has 2 saturated carbocycles. The lowest BCUT2D eigenvalue weighted by Gasteiger charge is -2.31. The summed E-state index contributed by atoms with van der Waals surface area (Å²) < 4.78 is 18.6. The van der Waals surface area contributed by atoms with E-state index in [0.29, 0.717) is 25.0 Å². The van der Waals surface area contributed by atoms with E-state index >= 15 is 0 Å². The number of allylic oxidation sites excluding steroid dienone is 2. The summed E-state index contributed by atoms with van der Waals surface area (Å²) in [5.74, 6) is 5.02. The highest BCUT2D eigenvalue weighted by atomic mass is 16.5. The van der Waals surface area contributed by atoms with Crippen molar-refractivity contribution in [1.29, 1.82) is 0 Å². The van der Waals surface area contributed by atoms with Crippen LogP contribution in [-0.2, 0) is 4.74 Å². The van der Waals surface area contributed by atoms with Gasteiger partial charge in [-0.15, -0.1) is 0 Å². The van der Waals surface area contributed by atoms with E-state index in [1.54, 1.807) is 0 Å². The number of hydrogen-bond acceptors (Lipinski definition) is 3.